The molecule has 1 aliphatic rings. The third-order valence-corrected chi connectivity index (χ3v) is 4.69. The number of benzene rings is 2. The molecule has 0 aliphatic carbocycles. The van der Waals surface area contributed by atoms with E-state index in [1.165, 1.54) is 12.1 Å². The number of pyridine rings is 1. The lowest BCUT2D eigenvalue weighted by atomic mass is 10.1. The fourth-order valence-corrected chi connectivity index (χ4v) is 3.33. The van der Waals surface area contributed by atoms with Crippen LogP contribution in [0.15, 0.2) is 47.3 Å². The topological polar surface area (TPSA) is 61.7 Å². The monoisotopic (exact) mass is 384 g/mol. The summed E-state index contributed by atoms with van der Waals surface area (Å²) in [6, 6.07) is 11.8. The molecule has 2 aromatic carbocycles. The minimum absolute atomic E-state index is 0.124. The minimum atomic E-state index is -0.329. The average Bonchev–Trinajstić information content (AvgIpc) is 3.14. The van der Waals surface area contributed by atoms with Gasteiger partial charge in [-0.2, -0.15) is 0 Å². The van der Waals surface area contributed by atoms with E-state index in [0.717, 1.165) is 10.9 Å². The molecule has 28 heavy (non-hydrogen) atoms. The van der Waals surface area contributed by atoms with Gasteiger partial charge in [0.25, 0.3) is 5.56 Å². The molecule has 2 heterocycles. The molecule has 3 aromatic rings. The van der Waals surface area contributed by atoms with E-state index in [2.05, 4.69) is 5.32 Å². The van der Waals surface area contributed by atoms with Crippen molar-refractivity contribution in [2.24, 2.45) is 0 Å². The average molecular weight is 384 g/mol. The molecule has 0 atom stereocenters. The second kappa shape index (κ2) is 8.00. The van der Waals surface area contributed by atoms with E-state index >= 15 is 0 Å². The molecule has 0 spiro atoms. The van der Waals surface area contributed by atoms with Crippen LogP contribution in [0.3, 0.4) is 0 Å². The number of hydrogen-bond donors (Lipinski definition) is 1. The quantitative estimate of drug-likeness (QED) is 0.635. The molecule has 0 saturated carbocycles. The molecule has 0 amide bonds. The number of aromatic nitrogens is 1. The first-order valence-electron chi connectivity index (χ1n) is 9.06. The summed E-state index contributed by atoms with van der Waals surface area (Å²) in [6.07, 6.45) is 0. The van der Waals surface area contributed by atoms with Crippen molar-refractivity contribution in [3.05, 3.63) is 69.8 Å². The fraction of sp³-hybridized carbons (Fsp3) is 0.286. The van der Waals surface area contributed by atoms with Crippen LogP contribution >= 0.6 is 0 Å². The van der Waals surface area contributed by atoms with Crippen molar-refractivity contribution < 1.29 is 18.6 Å². The Bertz CT molecular complexity index is 1060. The van der Waals surface area contributed by atoms with E-state index in [1.807, 2.05) is 12.1 Å². The summed E-state index contributed by atoms with van der Waals surface area (Å²) in [4.78, 5) is 13.2. The van der Waals surface area contributed by atoms with Gasteiger partial charge in [-0.1, -0.05) is 12.1 Å². The Balaban J connectivity index is 1.79. The molecule has 0 saturated heterocycles. The highest BCUT2D eigenvalue weighted by Crippen LogP contribution is 2.36. The molecule has 6 nitrogen and oxygen atoms in total. The van der Waals surface area contributed by atoms with Gasteiger partial charge in [-0.05, 0) is 29.8 Å². The summed E-state index contributed by atoms with van der Waals surface area (Å²) < 4.78 is 31.3. The lowest BCUT2D eigenvalue weighted by Gasteiger charge is -2.14. The van der Waals surface area contributed by atoms with E-state index in [0.29, 0.717) is 42.3 Å². The van der Waals surface area contributed by atoms with Crippen molar-refractivity contribution in [3.63, 3.8) is 0 Å². The van der Waals surface area contributed by atoms with Gasteiger partial charge in [0.2, 0.25) is 6.79 Å². The maximum atomic E-state index is 13.6. The maximum Gasteiger partial charge on any atom is 0.255 e. The number of methoxy groups -OCH3 is 1. The van der Waals surface area contributed by atoms with E-state index in [4.69, 9.17) is 14.2 Å². The third kappa shape index (κ3) is 3.72. The second-order valence-corrected chi connectivity index (χ2v) is 6.62. The molecule has 4 rings (SSSR count). The third-order valence-electron chi connectivity index (χ3n) is 4.69. The zero-order valence-electron chi connectivity index (χ0n) is 15.5. The standard InChI is InChI=1S/C21H21FN2O4/c1-26-6-5-23-11-16-8-15-9-19-20(28-13-27-19)10-18(15)24(21(16)25)12-14-3-2-4-17(22)7-14/h2-4,7-10,23H,5-6,11-13H2,1H3. The molecule has 0 radical (unpaired) electrons. The Hall–Kier alpha value is -2.90. The van der Waals surface area contributed by atoms with Crippen molar-refractivity contribution in [3.8, 4) is 11.5 Å². The summed E-state index contributed by atoms with van der Waals surface area (Å²) in [5.41, 5.74) is 1.93. The van der Waals surface area contributed by atoms with Gasteiger partial charge >= 0.3 is 0 Å². The van der Waals surface area contributed by atoms with Crippen LogP contribution in [0.2, 0.25) is 0 Å². The van der Waals surface area contributed by atoms with Gasteiger partial charge < -0.3 is 24.1 Å². The Morgan fingerprint density at radius 1 is 1.18 bits per heavy atom. The van der Waals surface area contributed by atoms with E-state index < -0.39 is 0 Å². The van der Waals surface area contributed by atoms with Crippen molar-refractivity contribution in [1.29, 1.82) is 0 Å². The van der Waals surface area contributed by atoms with E-state index in [-0.39, 0.29) is 24.7 Å². The first-order chi connectivity index (χ1) is 13.7. The van der Waals surface area contributed by atoms with Crippen LogP contribution < -0.4 is 20.3 Å². The molecule has 1 aliphatic heterocycles. The summed E-state index contributed by atoms with van der Waals surface area (Å²) in [7, 11) is 1.63. The molecular weight excluding hydrogens is 363 g/mol. The summed E-state index contributed by atoms with van der Waals surface area (Å²) in [5.74, 6) is 0.928. The highest BCUT2D eigenvalue weighted by Gasteiger charge is 2.18. The second-order valence-electron chi connectivity index (χ2n) is 6.62. The van der Waals surface area contributed by atoms with E-state index in [9.17, 15) is 9.18 Å². The lowest BCUT2D eigenvalue weighted by molar-refractivity contribution is 0.174. The maximum absolute atomic E-state index is 13.6. The predicted octanol–water partition coefficient (Wildman–Crippen LogP) is 2.65. The summed E-state index contributed by atoms with van der Waals surface area (Å²) >= 11 is 0. The molecule has 0 bridgehead atoms. The summed E-state index contributed by atoms with van der Waals surface area (Å²) in [5, 5.41) is 4.07. The SMILES string of the molecule is COCCNCc1cc2cc3c(cc2n(Cc2cccc(F)c2)c1=O)OCO3. The van der Waals surface area contributed by atoms with Crippen molar-refractivity contribution in [1.82, 2.24) is 9.88 Å². The molecule has 7 heteroatoms. The van der Waals surface area contributed by atoms with Gasteiger partial charge in [-0.15, -0.1) is 0 Å². The molecule has 0 unspecified atom stereocenters. The predicted molar refractivity (Wildman–Crippen MR) is 103 cm³/mol. The van der Waals surface area contributed by atoms with Crippen molar-refractivity contribution in [2.45, 2.75) is 13.1 Å². The number of nitrogens with zero attached hydrogens (tertiary/aromatic N) is 1. The minimum Gasteiger partial charge on any atom is -0.454 e. The molecule has 1 aromatic heterocycles. The van der Waals surface area contributed by atoms with Crippen molar-refractivity contribution >= 4 is 10.9 Å². The molecule has 146 valence electrons. The Morgan fingerprint density at radius 3 is 2.79 bits per heavy atom. The highest BCUT2D eigenvalue weighted by atomic mass is 19.1. The zero-order chi connectivity index (χ0) is 19.5. The number of rotatable bonds is 7. The van der Waals surface area contributed by atoms with Gasteiger partial charge in [0.15, 0.2) is 11.5 Å². The normalized spacial score (nSPS) is 12.6. The first kappa shape index (κ1) is 18.5. The molecular formula is C21H21FN2O4. The lowest BCUT2D eigenvalue weighted by Crippen LogP contribution is -2.29. The molecule has 0 fully saturated rings. The van der Waals surface area contributed by atoms with Gasteiger partial charge in [0, 0.05) is 37.2 Å². The van der Waals surface area contributed by atoms with Crippen LogP contribution in [-0.2, 0) is 17.8 Å². The number of halogens is 1. The van der Waals surface area contributed by atoms with Crippen LogP contribution in [0, 0.1) is 5.82 Å². The summed E-state index contributed by atoms with van der Waals surface area (Å²) in [6.45, 7) is 2.03. The number of nitrogens with one attached hydrogen (secondary N) is 1. The largest absolute Gasteiger partial charge is 0.454 e. The van der Waals surface area contributed by atoms with Crippen LogP contribution in [0.1, 0.15) is 11.1 Å². The van der Waals surface area contributed by atoms with Gasteiger partial charge in [-0.3, -0.25) is 4.79 Å². The Labute approximate surface area is 161 Å². The number of ether oxygens (including phenoxy) is 3. The van der Waals surface area contributed by atoms with Crippen LogP contribution in [0.25, 0.3) is 10.9 Å². The fourth-order valence-electron chi connectivity index (χ4n) is 3.33. The van der Waals surface area contributed by atoms with E-state index in [1.54, 1.807) is 29.9 Å². The number of hydrogen-bond acceptors (Lipinski definition) is 5. The number of fused-ring (bicyclic) bond motifs is 2. The van der Waals surface area contributed by atoms with Crippen LogP contribution in [0.5, 0.6) is 11.5 Å². The van der Waals surface area contributed by atoms with Crippen molar-refractivity contribution in [2.75, 3.05) is 27.1 Å². The van der Waals surface area contributed by atoms with Gasteiger partial charge in [0.1, 0.15) is 5.82 Å². The first-order valence-corrected chi connectivity index (χ1v) is 9.06. The smallest absolute Gasteiger partial charge is 0.255 e. The highest BCUT2D eigenvalue weighted by molar-refractivity contribution is 5.84. The van der Waals surface area contributed by atoms with Gasteiger partial charge in [-0.25, -0.2) is 4.39 Å². The van der Waals surface area contributed by atoms with Crippen LogP contribution in [0.4, 0.5) is 4.39 Å². The zero-order valence-corrected chi connectivity index (χ0v) is 15.5. The molecule has 1 N–H and O–H groups in total. The van der Waals surface area contributed by atoms with Crippen LogP contribution in [-0.4, -0.2) is 31.6 Å². The van der Waals surface area contributed by atoms with Gasteiger partial charge in [0.05, 0.1) is 18.7 Å². The Kier molecular flexibility index (Phi) is 5.27. The Morgan fingerprint density at radius 2 is 2.00 bits per heavy atom.